The number of aromatic nitrogens is 3. The molecule has 0 aromatic carbocycles. The van der Waals surface area contributed by atoms with Crippen molar-refractivity contribution in [3.05, 3.63) is 12.2 Å². The third-order valence-corrected chi connectivity index (χ3v) is 5.68. The first kappa shape index (κ1) is 14.5. The number of alkyl halides is 1. The Morgan fingerprint density at radius 1 is 1.50 bits per heavy atom. The van der Waals surface area contributed by atoms with Crippen LogP contribution in [0.4, 0.5) is 0 Å². The van der Waals surface area contributed by atoms with Gasteiger partial charge in [0.2, 0.25) is 0 Å². The lowest BCUT2D eigenvalue weighted by molar-refractivity contribution is 0.0400. The highest BCUT2D eigenvalue weighted by molar-refractivity contribution is 9.09. The number of halogens is 1. The van der Waals surface area contributed by atoms with Crippen LogP contribution in [0.5, 0.6) is 0 Å². The van der Waals surface area contributed by atoms with Crippen LogP contribution >= 0.6 is 15.9 Å². The maximum atomic E-state index is 6.07. The van der Waals surface area contributed by atoms with Gasteiger partial charge in [-0.3, -0.25) is 0 Å². The van der Waals surface area contributed by atoms with Gasteiger partial charge in [0, 0.05) is 30.3 Å². The molecule has 20 heavy (non-hydrogen) atoms. The van der Waals surface area contributed by atoms with E-state index in [0.29, 0.717) is 12.0 Å². The van der Waals surface area contributed by atoms with E-state index in [-0.39, 0.29) is 5.41 Å². The van der Waals surface area contributed by atoms with E-state index in [1.165, 1.54) is 12.8 Å². The number of hydrogen-bond acceptors (Lipinski definition) is 3. The molecule has 0 bridgehead atoms. The van der Waals surface area contributed by atoms with Crippen LogP contribution in [0, 0.1) is 17.3 Å². The molecule has 2 fully saturated rings. The summed E-state index contributed by atoms with van der Waals surface area (Å²) in [6, 6.07) is 0. The number of rotatable bonds is 6. The summed E-state index contributed by atoms with van der Waals surface area (Å²) in [5, 5.41) is 5.39. The molecule has 2 aliphatic rings. The van der Waals surface area contributed by atoms with E-state index < -0.39 is 0 Å². The summed E-state index contributed by atoms with van der Waals surface area (Å²) in [6.07, 6.45) is 6.88. The Balaban J connectivity index is 1.79. The van der Waals surface area contributed by atoms with Gasteiger partial charge in [0.25, 0.3) is 0 Å². The Kier molecular flexibility index (Phi) is 4.18. The van der Waals surface area contributed by atoms with Crippen LogP contribution in [0.25, 0.3) is 0 Å². The lowest BCUT2D eigenvalue weighted by atomic mass is 9.77. The van der Waals surface area contributed by atoms with Crippen molar-refractivity contribution in [3.8, 4) is 0 Å². The van der Waals surface area contributed by atoms with Gasteiger partial charge in [-0.1, -0.05) is 29.8 Å². The van der Waals surface area contributed by atoms with Crippen molar-refractivity contribution in [2.75, 3.05) is 11.9 Å². The molecule has 2 atom stereocenters. The van der Waals surface area contributed by atoms with E-state index in [4.69, 9.17) is 4.74 Å². The Bertz CT molecular complexity index is 458. The third kappa shape index (κ3) is 2.80. The van der Waals surface area contributed by atoms with Crippen molar-refractivity contribution in [2.45, 2.75) is 52.2 Å². The largest absolute Gasteiger partial charge is 0.377 e. The fourth-order valence-corrected chi connectivity index (χ4v) is 4.16. The summed E-state index contributed by atoms with van der Waals surface area (Å²) in [5.74, 6) is 2.49. The van der Waals surface area contributed by atoms with Crippen LogP contribution in [0.2, 0.25) is 0 Å². The van der Waals surface area contributed by atoms with E-state index >= 15 is 0 Å². The zero-order valence-electron chi connectivity index (χ0n) is 12.4. The zero-order valence-corrected chi connectivity index (χ0v) is 14.0. The standard InChI is InChI=1S/C15H24BrN3O/c1-11(2)8-19-13(17-10-18-19)7-15(9-16)5-6-20-14(15)12-3-4-12/h10-12,14H,3-9H2,1-2H3. The molecule has 1 aromatic rings. The van der Waals surface area contributed by atoms with E-state index in [2.05, 4.69) is 44.5 Å². The molecule has 2 heterocycles. The molecular weight excluding hydrogens is 318 g/mol. The SMILES string of the molecule is CC(C)Cn1ncnc1CC1(CBr)CCOC1C1CC1. The van der Waals surface area contributed by atoms with Gasteiger partial charge in [0.1, 0.15) is 12.2 Å². The lowest BCUT2D eigenvalue weighted by Gasteiger charge is -2.32. The molecule has 5 heteroatoms. The summed E-state index contributed by atoms with van der Waals surface area (Å²) in [4.78, 5) is 4.52. The van der Waals surface area contributed by atoms with Crippen LogP contribution < -0.4 is 0 Å². The van der Waals surface area contributed by atoms with Crippen molar-refractivity contribution in [3.63, 3.8) is 0 Å². The number of nitrogens with zero attached hydrogens (tertiary/aromatic N) is 3. The molecular formula is C15H24BrN3O. The predicted molar refractivity (Wildman–Crippen MR) is 81.9 cm³/mol. The second kappa shape index (κ2) is 5.76. The quantitative estimate of drug-likeness (QED) is 0.746. The smallest absolute Gasteiger partial charge is 0.138 e. The highest BCUT2D eigenvalue weighted by Crippen LogP contribution is 2.50. The first-order valence-electron chi connectivity index (χ1n) is 7.69. The predicted octanol–water partition coefficient (Wildman–Crippen LogP) is 3.06. The Hall–Kier alpha value is -0.420. The molecule has 112 valence electrons. The van der Waals surface area contributed by atoms with Gasteiger partial charge < -0.3 is 4.74 Å². The Morgan fingerprint density at radius 2 is 2.30 bits per heavy atom. The number of ether oxygens (including phenoxy) is 1. The minimum absolute atomic E-state index is 0.211. The van der Waals surface area contributed by atoms with Crippen LogP contribution in [0.3, 0.4) is 0 Å². The molecule has 1 saturated heterocycles. The molecule has 4 nitrogen and oxygen atoms in total. The minimum atomic E-state index is 0.211. The molecule has 3 rings (SSSR count). The summed E-state index contributed by atoms with van der Waals surface area (Å²) < 4.78 is 8.15. The van der Waals surface area contributed by atoms with E-state index in [9.17, 15) is 0 Å². The summed E-state index contributed by atoms with van der Waals surface area (Å²) in [7, 11) is 0. The Morgan fingerprint density at radius 3 is 2.95 bits per heavy atom. The minimum Gasteiger partial charge on any atom is -0.377 e. The second-order valence-corrected chi connectivity index (χ2v) is 7.36. The van der Waals surface area contributed by atoms with Crippen LogP contribution in [0.1, 0.15) is 38.9 Å². The normalized spacial score (nSPS) is 30.3. The monoisotopic (exact) mass is 341 g/mol. The lowest BCUT2D eigenvalue weighted by Crippen LogP contribution is -2.37. The van der Waals surface area contributed by atoms with Gasteiger partial charge in [-0.15, -0.1) is 0 Å². The van der Waals surface area contributed by atoms with Gasteiger partial charge in [0.05, 0.1) is 6.10 Å². The molecule has 0 amide bonds. The molecule has 1 saturated carbocycles. The van der Waals surface area contributed by atoms with Crippen LogP contribution in [-0.4, -0.2) is 32.8 Å². The van der Waals surface area contributed by atoms with E-state index in [1.807, 2.05) is 0 Å². The second-order valence-electron chi connectivity index (χ2n) is 6.80. The van der Waals surface area contributed by atoms with Crippen molar-refractivity contribution in [2.24, 2.45) is 17.3 Å². The van der Waals surface area contributed by atoms with Crippen molar-refractivity contribution in [1.29, 1.82) is 0 Å². The Labute approximate surface area is 129 Å². The van der Waals surface area contributed by atoms with Gasteiger partial charge >= 0.3 is 0 Å². The van der Waals surface area contributed by atoms with E-state index in [1.54, 1.807) is 6.33 Å². The average Bonchev–Trinajstić information content (AvgIpc) is 3.04. The molecule has 0 radical (unpaired) electrons. The molecule has 0 spiro atoms. The molecule has 1 aliphatic carbocycles. The number of hydrogen-bond donors (Lipinski definition) is 0. The first-order chi connectivity index (χ1) is 9.64. The van der Waals surface area contributed by atoms with Gasteiger partial charge in [-0.25, -0.2) is 9.67 Å². The highest BCUT2D eigenvalue weighted by Gasteiger charge is 2.50. The van der Waals surface area contributed by atoms with Crippen LogP contribution in [-0.2, 0) is 17.7 Å². The van der Waals surface area contributed by atoms with Crippen LogP contribution in [0.15, 0.2) is 6.33 Å². The first-order valence-corrected chi connectivity index (χ1v) is 8.81. The molecule has 1 aliphatic heterocycles. The van der Waals surface area contributed by atoms with E-state index in [0.717, 1.165) is 43.1 Å². The maximum Gasteiger partial charge on any atom is 0.138 e. The van der Waals surface area contributed by atoms with Crippen molar-refractivity contribution >= 4 is 15.9 Å². The van der Waals surface area contributed by atoms with Gasteiger partial charge in [0.15, 0.2) is 0 Å². The summed E-state index contributed by atoms with van der Waals surface area (Å²) in [6.45, 7) is 6.28. The zero-order chi connectivity index (χ0) is 14.2. The molecule has 1 aromatic heterocycles. The molecule has 2 unspecified atom stereocenters. The van der Waals surface area contributed by atoms with Gasteiger partial charge in [-0.05, 0) is 31.1 Å². The fraction of sp³-hybridized carbons (Fsp3) is 0.867. The third-order valence-electron chi connectivity index (χ3n) is 4.56. The maximum absolute atomic E-state index is 6.07. The van der Waals surface area contributed by atoms with Gasteiger partial charge in [-0.2, -0.15) is 5.10 Å². The summed E-state index contributed by atoms with van der Waals surface area (Å²) in [5.41, 5.74) is 0.211. The fourth-order valence-electron chi connectivity index (χ4n) is 3.36. The highest BCUT2D eigenvalue weighted by atomic mass is 79.9. The van der Waals surface area contributed by atoms with Crippen molar-refractivity contribution in [1.82, 2.24) is 14.8 Å². The topological polar surface area (TPSA) is 39.9 Å². The summed E-state index contributed by atoms with van der Waals surface area (Å²) >= 11 is 3.75. The van der Waals surface area contributed by atoms with Crippen molar-refractivity contribution < 1.29 is 4.74 Å². The molecule has 0 N–H and O–H groups in total. The average molecular weight is 342 g/mol.